The maximum atomic E-state index is 3.40. The summed E-state index contributed by atoms with van der Waals surface area (Å²) in [5, 5.41) is 0. The second-order valence-corrected chi connectivity index (χ2v) is 2.40. The third kappa shape index (κ3) is 1.44. The molecule has 0 heteroatoms. The molecule has 0 fully saturated rings. The zero-order valence-corrected chi connectivity index (χ0v) is 6.15. The van der Waals surface area contributed by atoms with Gasteiger partial charge in [0.05, 0.1) is 0 Å². The van der Waals surface area contributed by atoms with E-state index in [0.717, 1.165) is 6.42 Å². The number of allylic oxidation sites excluding steroid dienone is 4. The van der Waals surface area contributed by atoms with E-state index in [1.54, 1.807) is 0 Å². The lowest BCUT2D eigenvalue weighted by Gasteiger charge is -1.94. The Kier molecular flexibility index (Phi) is 2.10. The Balaban J connectivity index is 2.52. The molecule has 0 aromatic carbocycles. The van der Waals surface area contributed by atoms with Crippen molar-refractivity contribution in [2.75, 3.05) is 0 Å². The molecule has 49 valence electrons. The summed E-state index contributed by atoms with van der Waals surface area (Å²) in [6.07, 6.45) is 10.1. The van der Waals surface area contributed by atoms with Crippen LogP contribution in [0.25, 0.3) is 0 Å². The molecular weight excluding hydrogens is 108 g/mol. The molecule has 1 atom stereocenters. The minimum atomic E-state index is 0.611. The average Bonchev–Trinajstić information content (AvgIpc) is 2.34. The quantitative estimate of drug-likeness (QED) is 0.527. The van der Waals surface area contributed by atoms with Crippen molar-refractivity contribution in [2.24, 2.45) is 5.92 Å². The first-order chi connectivity index (χ1) is 4.36. The first kappa shape index (κ1) is 6.60. The van der Waals surface area contributed by atoms with Crippen molar-refractivity contribution in [1.82, 2.24) is 0 Å². The van der Waals surface area contributed by atoms with Crippen LogP contribution in [0.5, 0.6) is 0 Å². The summed E-state index contributed by atoms with van der Waals surface area (Å²) in [6.45, 7) is 4.37. The third-order valence-corrected chi connectivity index (χ3v) is 1.72. The maximum Gasteiger partial charge on any atom is 0.00243 e. The fraction of sp³-hybridized carbons (Fsp3) is 0.556. The Hall–Kier alpha value is -0.520. The fourth-order valence-corrected chi connectivity index (χ4v) is 1.02. The molecule has 1 aliphatic carbocycles. The van der Waals surface area contributed by atoms with Crippen molar-refractivity contribution in [3.63, 3.8) is 0 Å². The molecular formula is C9H13. The molecule has 0 saturated carbocycles. The van der Waals surface area contributed by atoms with Crippen LogP contribution in [0, 0.1) is 12.0 Å². The van der Waals surface area contributed by atoms with Gasteiger partial charge in [-0.15, -0.1) is 0 Å². The van der Waals surface area contributed by atoms with Gasteiger partial charge in [-0.25, -0.2) is 0 Å². The summed E-state index contributed by atoms with van der Waals surface area (Å²) in [6, 6.07) is 0. The minimum absolute atomic E-state index is 0.611. The number of hydrogen-bond acceptors (Lipinski definition) is 0. The Morgan fingerprint density at radius 1 is 1.56 bits per heavy atom. The van der Waals surface area contributed by atoms with Crippen LogP contribution >= 0.6 is 0 Å². The van der Waals surface area contributed by atoms with E-state index in [4.69, 9.17) is 0 Å². The second kappa shape index (κ2) is 2.86. The SMILES string of the molecule is CCC1=[C]C(CC)C=C1. The van der Waals surface area contributed by atoms with Gasteiger partial charge >= 0.3 is 0 Å². The van der Waals surface area contributed by atoms with Crippen molar-refractivity contribution in [3.05, 3.63) is 23.8 Å². The smallest absolute Gasteiger partial charge is 0.00243 e. The van der Waals surface area contributed by atoms with Crippen molar-refractivity contribution in [1.29, 1.82) is 0 Å². The molecule has 0 N–H and O–H groups in total. The van der Waals surface area contributed by atoms with Gasteiger partial charge < -0.3 is 0 Å². The van der Waals surface area contributed by atoms with Gasteiger partial charge in [0.1, 0.15) is 0 Å². The second-order valence-electron chi connectivity index (χ2n) is 2.40. The molecule has 0 aliphatic heterocycles. The summed E-state index contributed by atoms with van der Waals surface area (Å²) < 4.78 is 0. The van der Waals surface area contributed by atoms with Crippen LogP contribution in [0.4, 0.5) is 0 Å². The van der Waals surface area contributed by atoms with E-state index in [1.165, 1.54) is 12.0 Å². The van der Waals surface area contributed by atoms with Gasteiger partial charge in [0.25, 0.3) is 0 Å². The minimum Gasteiger partial charge on any atom is -0.0767 e. The Morgan fingerprint density at radius 2 is 2.33 bits per heavy atom. The Bertz CT molecular complexity index is 140. The van der Waals surface area contributed by atoms with Crippen molar-refractivity contribution in [2.45, 2.75) is 26.7 Å². The summed E-state index contributed by atoms with van der Waals surface area (Å²) >= 11 is 0. The standard InChI is InChI=1S/C9H13/c1-3-8-5-6-9(4-2)7-8/h5-6,8H,3-4H2,1-2H3. The highest BCUT2D eigenvalue weighted by Gasteiger charge is 2.04. The molecule has 0 amide bonds. The summed E-state index contributed by atoms with van der Waals surface area (Å²) in [4.78, 5) is 0. The lowest BCUT2D eigenvalue weighted by molar-refractivity contribution is 0.761. The topological polar surface area (TPSA) is 0 Å². The highest BCUT2D eigenvalue weighted by Crippen LogP contribution is 2.18. The molecule has 1 radical (unpaired) electrons. The molecule has 0 heterocycles. The van der Waals surface area contributed by atoms with Crippen LogP contribution in [-0.4, -0.2) is 0 Å². The van der Waals surface area contributed by atoms with Crippen molar-refractivity contribution < 1.29 is 0 Å². The zero-order valence-electron chi connectivity index (χ0n) is 6.15. The molecule has 0 spiro atoms. The zero-order chi connectivity index (χ0) is 6.69. The predicted molar refractivity (Wildman–Crippen MR) is 40.0 cm³/mol. The highest BCUT2D eigenvalue weighted by molar-refractivity contribution is 5.24. The van der Waals surface area contributed by atoms with Gasteiger partial charge in [-0.05, 0) is 24.5 Å². The third-order valence-electron chi connectivity index (χ3n) is 1.72. The molecule has 1 rings (SSSR count). The maximum absolute atomic E-state index is 3.40. The van der Waals surface area contributed by atoms with Crippen LogP contribution in [0.15, 0.2) is 17.7 Å². The molecule has 9 heavy (non-hydrogen) atoms. The summed E-state index contributed by atoms with van der Waals surface area (Å²) in [7, 11) is 0. The predicted octanol–water partition coefficient (Wildman–Crippen LogP) is 2.72. The van der Waals surface area contributed by atoms with Crippen LogP contribution in [0.1, 0.15) is 26.7 Å². The van der Waals surface area contributed by atoms with E-state index < -0.39 is 0 Å². The van der Waals surface area contributed by atoms with Crippen LogP contribution < -0.4 is 0 Å². The van der Waals surface area contributed by atoms with Gasteiger partial charge in [-0.1, -0.05) is 26.0 Å². The average molecular weight is 121 g/mol. The summed E-state index contributed by atoms with van der Waals surface area (Å²) in [5.74, 6) is 0.611. The number of rotatable bonds is 2. The Labute approximate surface area is 57.3 Å². The van der Waals surface area contributed by atoms with Gasteiger partial charge in [-0.2, -0.15) is 0 Å². The first-order valence-electron chi connectivity index (χ1n) is 3.67. The molecule has 1 aliphatic rings. The monoisotopic (exact) mass is 121 g/mol. The van der Waals surface area contributed by atoms with E-state index in [9.17, 15) is 0 Å². The Morgan fingerprint density at radius 3 is 2.67 bits per heavy atom. The molecule has 0 aromatic heterocycles. The first-order valence-corrected chi connectivity index (χ1v) is 3.67. The molecule has 0 bridgehead atoms. The highest BCUT2D eigenvalue weighted by atomic mass is 14.1. The lowest BCUT2D eigenvalue weighted by Crippen LogP contribution is -1.83. The van der Waals surface area contributed by atoms with Gasteiger partial charge in [-0.3, -0.25) is 0 Å². The van der Waals surface area contributed by atoms with Crippen LogP contribution in [0.2, 0.25) is 0 Å². The normalized spacial score (nSPS) is 24.7. The van der Waals surface area contributed by atoms with Crippen molar-refractivity contribution in [3.8, 4) is 0 Å². The van der Waals surface area contributed by atoms with Crippen LogP contribution in [0.3, 0.4) is 0 Å². The van der Waals surface area contributed by atoms with Gasteiger partial charge in [0.2, 0.25) is 0 Å². The van der Waals surface area contributed by atoms with Crippen molar-refractivity contribution >= 4 is 0 Å². The largest absolute Gasteiger partial charge is 0.0767 e. The van der Waals surface area contributed by atoms with Gasteiger partial charge in [0, 0.05) is 5.92 Å². The van der Waals surface area contributed by atoms with Crippen LogP contribution in [-0.2, 0) is 0 Å². The van der Waals surface area contributed by atoms with E-state index in [2.05, 4.69) is 32.1 Å². The molecule has 0 aromatic rings. The van der Waals surface area contributed by atoms with E-state index in [1.807, 2.05) is 0 Å². The van der Waals surface area contributed by atoms with E-state index in [0.29, 0.717) is 5.92 Å². The number of hydrogen-bond donors (Lipinski definition) is 0. The van der Waals surface area contributed by atoms with E-state index >= 15 is 0 Å². The molecule has 1 unspecified atom stereocenters. The van der Waals surface area contributed by atoms with E-state index in [-0.39, 0.29) is 0 Å². The van der Waals surface area contributed by atoms with Gasteiger partial charge in [0.15, 0.2) is 0 Å². The molecule has 0 nitrogen and oxygen atoms in total. The summed E-state index contributed by atoms with van der Waals surface area (Å²) in [5.41, 5.74) is 1.38. The lowest BCUT2D eigenvalue weighted by atomic mass is 10.1. The molecule has 0 saturated heterocycles. The fourth-order valence-electron chi connectivity index (χ4n) is 1.02.